The third-order valence-electron chi connectivity index (χ3n) is 2.32. The van der Waals surface area contributed by atoms with Crippen LogP contribution in [0, 0.1) is 0 Å². The van der Waals surface area contributed by atoms with Crippen LogP contribution < -0.4 is 10.6 Å². The largest absolute Gasteiger partial charge is 0.383 e. The molecule has 0 fully saturated rings. The van der Waals surface area contributed by atoms with Gasteiger partial charge in [-0.05, 0) is 13.0 Å². The van der Waals surface area contributed by atoms with Crippen LogP contribution in [0.1, 0.15) is 12.6 Å². The number of carbonyl (C=O) groups excluding carboxylic acids is 1. The summed E-state index contributed by atoms with van der Waals surface area (Å²) in [6.45, 7) is 4.90. The van der Waals surface area contributed by atoms with E-state index in [1.165, 1.54) is 0 Å². The molecule has 0 aliphatic rings. The lowest BCUT2D eigenvalue weighted by atomic mass is 10.4. The van der Waals surface area contributed by atoms with Crippen LogP contribution in [-0.4, -0.2) is 42.5 Å². The third kappa shape index (κ3) is 4.97. The monoisotopic (exact) mass is 240 g/mol. The maximum absolute atomic E-state index is 11.3. The molecule has 0 aliphatic heterocycles. The van der Waals surface area contributed by atoms with Crippen molar-refractivity contribution in [1.82, 2.24) is 20.4 Å². The van der Waals surface area contributed by atoms with Gasteiger partial charge in [-0.3, -0.25) is 9.48 Å². The summed E-state index contributed by atoms with van der Waals surface area (Å²) < 4.78 is 6.74. The number of methoxy groups -OCH3 is 1. The molecule has 1 heterocycles. The molecule has 0 saturated carbocycles. The molecule has 0 aromatic carbocycles. The molecule has 0 saturated heterocycles. The van der Waals surface area contributed by atoms with E-state index < -0.39 is 0 Å². The molecule has 1 aromatic heterocycles. The SMILES string of the molecule is CCn1nccc1CNCC(=O)NCCOC. The number of carbonyl (C=O) groups is 1. The number of hydrogen-bond acceptors (Lipinski definition) is 4. The van der Waals surface area contributed by atoms with Crippen molar-refractivity contribution in [2.45, 2.75) is 20.0 Å². The van der Waals surface area contributed by atoms with Gasteiger partial charge in [0.1, 0.15) is 0 Å². The van der Waals surface area contributed by atoms with Crippen molar-refractivity contribution in [3.63, 3.8) is 0 Å². The van der Waals surface area contributed by atoms with Gasteiger partial charge in [0, 0.05) is 32.9 Å². The van der Waals surface area contributed by atoms with E-state index in [0.29, 0.717) is 26.2 Å². The Kier molecular flexibility index (Phi) is 6.27. The second-order valence-electron chi connectivity index (χ2n) is 3.58. The van der Waals surface area contributed by atoms with Crippen LogP contribution in [0.2, 0.25) is 0 Å². The summed E-state index contributed by atoms with van der Waals surface area (Å²) in [6, 6.07) is 1.94. The Hall–Kier alpha value is -1.40. The summed E-state index contributed by atoms with van der Waals surface area (Å²) in [5.74, 6) is -0.0235. The van der Waals surface area contributed by atoms with Crippen molar-refractivity contribution in [1.29, 1.82) is 0 Å². The number of rotatable bonds is 8. The summed E-state index contributed by atoms with van der Waals surface area (Å²) in [6.07, 6.45) is 1.76. The van der Waals surface area contributed by atoms with E-state index in [-0.39, 0.29) is 5.91 Å². The summed E-state index contributed by atoms with van der Waals surface area (Å²) in [5, 5.41) is 9.97. The summed E-state index contributed by atoms with van der Waals surface area (Å²) in [4.78, 5) is 11.3. The van der Waals surface area contributed by atoms with Gasteiger partial charge in [-0.15, -0.1) is 0 Å². The van der Waals surface area contributed by atoms with Gasteiger partial charge in [0.25, 0.3) is 0 Å². The quantitative estimate of drug-likeness (QED) is 0.615. The number of hydrogen-bond donors (Lipinski definition) is 2. The highest BCUT2D eigenvalue weighted by atomic mass is 16.5. The number of ether oxygens (including phenoxy) is 1. The molecule has 6 heteroatoms. The average Bonchev–Trinajstić information content (AvgIpc) is 2.77. The molecule has 17 heavy (non-hydrogen) atoms. The smallest absolute Gasteiger partial charge is 0.234 e. The van der Waals surface area contributed by atoms with Gasteiger partial charge in [-0.25, -0.2) is 0 Å². The maximum atomic E-state index is 11.3. The maximum Gasteiger partial charge on any atom is 0.234 e. The Labute approximate surface area is 101 Å². The van der Waals surface area contributed by atoms with Crippen LogP contribution in [0.25, 0.3) is 0 Å². The van der Waals surface area contributed by atoms with Crippen molar-refractivity contribution in [2.75, 3.05) is 26.8 Å². The molecule has 1 aromatic rings. The predicted octanol–water partition coefficient (Wildman–Crippen LogP) is -0.245. The van der Waals surface area contributed by atoms with Crippen LogP contribution in [0.5, 0.6) is 0 Å². The van der Waals surface area contributed by atoms with Crippen LogP contribution in [0.4, 0.5) is 0 Å². The number of nitrogens with one attached hydrogen (secondary N) is 2. The van der Waals surface area contributed by atoms with Gasteiger partial charge in [0.05, 0.1) is 18.8 Å². The molecule has 2 N–H and O–H groups in total. The molecule has 0 aliphatic carbocycles. The second-order valence-corrected chi connectivity index (χ2v) is 3.58. The van der Waals surface area contributed by atoms with E-state index >= 15 is 0 Å². The van der Waals surface area contributed by atoms with Gasteiger partial charge in [0.2, 0.25) is 5.91 Å². The molecule has 0 radical (unpaired) electrons. The standard InChI is InChI=1S/C11H20N4O2/c1-3-15-10(4-5-14-15)8-12-9-11(16)13-6-7-17-2/h4-5,12H,3,6-9H2,1-2H3,(H,13,16). The molecule has 0 atom stereocenters. The van der Waals surface area contributed by atoms with Gasteiger partial charge in [0.15, 0.2) is 0 Å². The fourth-order valence-corrected chi connectivity index (χ4v) is 1.45. The fraction of sp³-hybridized carbons (Fsp3) is 0.636. The third-order valence-corrected chi connectivity index (χ3v) is 2.32. The van der Waals surface area contributed by atoms with Gasteiger partial charge >= 0.3 is 0 Å². The first-order valence-electron chi connectivity index (χ1n) is 5.75. The number of amides is 1. The minimum Gasteiger partial charge on any atom is -0.383 e. The van der Waals surface area contributed by atoms with Crippen molar-refractivity contribution in [3.8, 4) is 0 Å². The van der Waals surface area contributed by atoms with E-state index in [4.69, 9.17) is 4.74 Å². The first-order chi connectivity index (χ1) is 8.27. The number of aryl methyl sites for hydroxylation is 1. The van der Waals surface area contributed by atoms with Crippen molar-refractivity contribution < 1.29 is 9.53 Å². The first-order valence-corrected chi connectivity index (χ1v) is 5.75. The molecule has 0 unspecified atom stereocenters. The predicted molar refractivity (Wildman–Crippen MR) is 64.5 cm³/mol. The van der Waals surface area contributed by atoms with Gasteiger partial charge in [-0.1, -0.05) is 0 Å². The minimum atomic E-state index is -0.0235. The van der Waals surface area contributed by atoms with Crippen LogP contribution in [0.3, 0.4) is 0 Å². The average molecular weight is 240 g/mol. The van der Waals surface area contributed by atoms with E-state index in [1.807, 2.05) is 17.7 Å². The highest BCUT2D eigenvalue weighted by molar-refractivity contribution is 5.77. The Balaban J connectivity index is 2.17. The number of nitrogens with zero attached hydrogens (tertiary/aromatic N) is 2. The van der Waals surface area contributed by atoms with Gasteiger partial charge < -0.3 is 15.4 Å². The zero-order valence-electron chi connectivity index (χ0n) is 10.4. The zero-order chi connectivity index (χ0) is 12.5. The summed E-state index contributed by atoms with van der Waals surface area (Å²) in [7, 11) is 1.61. The Morgan fingerprint density at radius 2 is 2.41 bits per heavy atom. The Morgan fingerprint density at radius 1 is 1.59 bits per heavy atom. The van der Waals surface area contributed by atoms with Crippen molar-refractivity contribution in [3.05, 3.63) is 18.0 Å². The van der Waals surface area contributed by atoms with Gasteiger partial charge in [-0.2, -0.15) is 5.10 Å². The molecule has 96 valence electrons. The lowest BCUT2D eigenvalue weighted by Crippen LogP contribution is -2.35. The first kappa shape index (κ1) is 13.7. The lowest BCUT2D eigenvalue weighted by molar-refractivity contribution is -0.120. The highest BCUT2D eigenvalue weighted by Gasteiger charge is 2.02. The normalized spacial score (nSPS) is 10.5. The molecule has 1 rings (SSSR count). The van der Waals surface area contributed by atoms with Crippen molar-refractivity contribution >= 4 is 5.91 Å². The molecule has 6 nitrogen and oxygen atoms in total. The molecule has 0 spiro atoms. The van der Waals surface area contributed by atoms with Crippen LogP contribution in [0.15, 0.2) is 12.3 Å². The highest BCUT2D eigenvalue weighted by Crippen LogP contribution is 1.97. The van der Waals surface area contributed by atoms with E-state index in [1.54, 1.807) is 13.3 Å². The van der Waals surface area contributed by atoms with E-state index in [9.17, 15) is 4.79 Å². The summed E-state index contributed by atoms with van der Waals surface area (Å²) >= 11 is 0. The molecule has 0 bridgehead atoms. The molecular weight excluding hydrogens is 220 g/mol. The van der Waals surface area contributed by atoms with Crippen LogP contribution >= 0.6 is 0 Å². The number of aromatic nitrogens is 2. The fourth-order valence-electron chi connectivity index (χ4n) is 1.45. The summed E-state index contributed by atoms with van der Waals surface area (Å²) in [5.41, 5.74) is 1.08. The molecule has 1 amide bonds. The van der Waals surface area contributed by atoms with E-state index in [0.717, 1.165) is 12.2 Å². The Bertz CT molecular complexity index is 338. The topological polar surface area (TPSA) is 68.2 Å². The lowest BCUT2D eigenvalue weighted by Gasteiger charge is -2.07. The van der Waals surface area contributed by atoms with Crippen LogP contribution in [-0.2, 0) is 22.6 Å². The molecular formula is C11H20N4O2. The minimum absolute atomic E-state index is 0.0235. The second kappa shape index (κ2) is 7.81. The van der Waals surface area contributed by atoms with Crippen molar-refractivity contribution in [2.24, 2.45) is 0 Å². The van der Waals surface area contributed by atoms with E-state index in [2.05, 4.69) is 15.7 Å². The zero-order valence-corrected chi connectivity index (χ0v) is 10.4. The Morgan fingerprint density at radius 3 is 3.12 bits per heavy atom.